The third-order valence-corrected chi connectivity index (χ3v) is 5.07. The smallest absolute Gasteiger partial charge is 0.319 e. The largest absolute Gasteiger partial charge is 0.452 e. The lowest BCUT2D eigenvalue weighted by atomic mass is 10.3. The number of hydrogen-bond acceptors (Lipinski definition) is 5. The number of carbonyl (C=O) groups excluding carboxylic acids is 3. The number of benzene rings is 2. The number of esters is 1. The van der Waals surface area contributed by atoms with Crippen molar-refractivity contribution in [2.75, 3.05) is 16.4 Å². The van der Waals surface area contributed by atoms with Gasteiger partial charge in [-0.05, 0) is 62.4 Å². The maximum absolute atomic E-state index is 12.9. The zero-order valence-corrected chi connectivity index (χ0v) is 17.4. The van der Waals surface area contributed by atoms with Gasteiger partial charge in [0.1, 0.15) is 11.1 Å². The summed E-state index contributed by atoms with van der Waals surface area (Å²) in [7, 11) is 0. The van der Waals surface area contributed by atoms with Crippen molar-refractivity contribution in [3.05, 3.63) is 59.4 Å². The zero-order valence-electron chi connectivity index (χ0n) is 15.8. The maximum atomic E-state index is 12.9. The van der Waals surface area contributed by atoms with Gasteiger partial charge in [0.15, 0.2) is 6.10 Å². The van der Waals surface area contributed by atoms with Gasteiger partial charge >= 0.3 is 5.97 Å². The molecule has 0 aliphatic carbocycles. The van der Waals surface area contributed by atoms with Gasteiger partial charge in [0.2, 0.25) is 5.91 Å². The van der Waals surface area contributed by atoms with Crippen molar-refractivity contribution in [2.24, 2.45) is 0 Å². The highest BCUT2D eigenvalue weighted by atomic mass is 35.5. The molecular weight excluding hydrogens is 419 g/mol. The minimum Gasteiger partial charge on any atom is -0.452 e. The van der Waals surface area contributed by atoms with E-state index in [1.807, 2.05) is 0 Å². The zero-order chi connectivity index (χ0) is 21.4. The van der Waals surface area contributed by atoms with Gasteiger partial charge in [0.05, 0.1) is 5.75 Å². The number of thioether (sulfide) groups is 1. The number of anilines is 2. The Hall–Kier alpha value is -2.58. The van der Waals surface area contributed by atoms with E-state index in [2.05, 4.69) is 10.6 Å². The molecule has 0 fully saturated rings. The molecule has 2 aromatic carbocycles. The summed E-state index contributed by atoms with van der Waals surface area (Å²) < 4.78 is 18.0. The Morgan fingerprint density at radius 1 is 1.00 bits per heavy atom. The standard InChI is InChI=1S/C20H20ClFN2O4S/c1-12(19(26)24-17-7-3-14(21)4-8-17)28-20(27)13(2)29-11-18(25)23-16-9-5-15(22)6-10-16/h3-10,12-13H,11H2,1-2H3,(H,23,25)(H,24,26). The van der Waals surface area contributed by atoms with Crippen molar-refractivity contribution >= 4 is 52.5 Å². The summed E-state index contributed by atoms with van der Waals surface area (Å²) in [6, 6.07) is 11.9. The number of nitrogens with one attached hydrogen (secondary N) is 2. The van der Waals surface area contributed by atoms with Crippen LogP contribution < -0.4 is 10.6 Å². The van der Waals surface area contributed by atoms with Crippen LogP contribution in [0.1, 0.15) is 13.8 Å². The van der Waals surface area contributed by atoms with Crippen LogP contribution >= 0.6 is 23.4 Å². The highest BCUT2D eigenvalue weighted by Gasteiger charge is 2.23. The van der Waals surface area contributed by atoms with Crippen LogP contribution in [0, 0.1) is 5.82 Å². The van der Waals surface area contributed by atoms with Gasteiger partial charge < -0.3 is 15.4 Å². The van der Waals surface area contributed by atoms with E-state index in [1.165, 1.54) is 31.2 Å². The molecule has 6 nitrogen and oxygen atoms in total. The minimum atomic E-state index is -1.01. The number of rotatable bonds is 8. The van der Waals surface area contributed by atoms with Crippen LogP contribution in [0.4, 0.5) is 15.8 Å². The second-order valence-corrected chi connectivity index (χ2v) is 7.85. The molecule has 154 valence electrons. The second-order valence-electron chi connectivity index (χ2n) is 6.08. The number of ether oxygens (including phenoxy) is 1. The fourth-order valence-corrected chi connectivity index (χ4v) is 2.89. The molecule has 2 N–H and O–H groups in total. The summed E-state index contributed by atoms with van der Waals surface area (Å²) in [5.41, 5.74) is 0.988. The number of halogens is 2. The summed E-state index contributed by atoms with van der Waals surface area (Å²) >= 11 is 6.86. The lowest BCUT2D eigenvalue weighted by Crippen LogP contribution is -2.32. The fourth-order valence-electron chi connectivity index (χ4n) is 2.10. The highest BCUT2D eigenvalue weighted by Crippen LogP contribution is 2.16. The van der Waals surface area contributed by atoms with Gasteiger partial charge in [-0.3, -0.25) is 14.4 Å². The van der Waals surface area contributed by atoms with Crippen molar-refractivity contribution in [1.82, 2.24) is 0 Å². The third-order valence-electron chi connectivity index (χ3n) is 3.70. The molecule has 0 aromatic heterocycles. The predicted octanol–water partition coefficient (Wildman–Crippen LogP) is 4.11. The van der Waals surface area contributed by atoms with E-state index in [0.717, 1.165) is 11.8 Å². The van der Waals surface area contributed by atoms with Crippen LogP contribution in [0.2, 0.25) is 5.02 Å². The molecule has 0 radical (unpaired) electrons. The Morgan fingerprint density at radius 3 is 2.17 bits per heavy atom. The average molecular weight is 439 g/mol. The summed E-state index contributed by atoms with van der Waals surface area (Å²) in [5.74, 6) is -1.83. The summed E-state index contributed by atoms with van der Waals surface area (Å²) in [6.45, 7) is 3.05. The van der Waals surface area contributed by atoms with E-state index >= 15 is 0 Å². The molecular formula is C20H20ClFN2O4S. The van der Waals surface area contributed by atoms with E-state index < -0.39 is 29.0 Å². The highest BCUT2D eigenvalue weighted by molar-refractivity contribution is 8.01. The lowest BCUT2D eigenvalue weighted by molar-refractivity contribution is -0.152. The van der Waals surface area contributed by atoms with Crippen LogP contribution in [0.3, 0.4) is 0 Å². The first-order valence-corrected chi connectivity index (χ1v) is 10.1. The second kappa shape index (κ2) is 10.8. The molecule has 0 aliphatic rings. The van der Waals surface area contributed by atoms with Crippen molar-refractivity contribution < 1.29 is 23.5 Å². The van der Waals surface area contributed by atoms with Crippen molar-refractivity contribution in [1.29, 1.82) is 0 Å². The molecule has 2 aromatic rings. The number of hydrogen-bond donors (Lipinski definition) is 2. The molecule has 2 atom stereocenters. The average Bonchev–Trinajstić information content (AvgIpc) is 2.69. The Balaban J connectivity index is 1.75. The SMILES string of the molecule is CC(OC(=O)C(C)SCC(=O)Nc1ccc(F)cc1)C(=O)Nc1ccc(Cl)cc1. The van der Waals surface area contributed by atoms with E-state index in [4.69, 9.17) is 16.3 Å². The van der Waals surface area contributed by atoms with E-state index in [0.29, 0.717) is 16.4 Å². The van der Waals surface area contributed by atoms with Crippen LogP contribution in [0.15, 0.2) is 48.5 Å². The van der Waals surface area contributed by atoms with Crippen LogP contribution in [-0.4, -0.2) is 34.9 Å². The normalized spacial score (nSPS) is 12.6. The van der Waals surface area contributed by atoms with E-state index in [1.54, 1.807) is 31.2 Å². The summed E-state index contributed by atoms with van der Waals surface area (Å²) in [6.07, 6.45) is -1.01. The molecule has 0 bridgehead atoms. The predicted molar refractivity (Wildman–Crippen MR) is 113 cm³/mol. The minimum absolute atomic E-state index is 0.000997. The molecule has 2 rings (SSSR count). The van der Waals surface area contributed by atoms with Crippen LogP contribution in [-0.2, 0) is 19.1 Å². The van der Waals surface area contributed by atoms with Crippen LogP contribution in [0.25, 0.3) is 0 Å². The van der Waals surface area contributed by atoms with Crippen molar-refractivity contribution in [3.8, 4) is 0 Å². The summed E-state index contributed by atoms with van der Waals surface area (Å²) in [5, 5.41) is 5.11. The van der Waals surface area contributed by atoms with Gasteiger partial charge in [0.25, 0.3) is 5.91 Å². The topological polar surface area (TPSA) is 84.5 Å². The molecule has 0 saturated carbocycles. The Bertz CT molecular complexity index is 862. The van der Waals surface area contributed by atoms with E-state index in [-0.39, 0.29) is 11.7 Å². The molecule has 0 heterocycles. The molecule has 9 heteroatoms. The molecule has 29 heavy (non-hydrogen) atoms. The monoisotopic (exact) mass is 438 g/mol. The van der Waals surface area contributed by atoms with Gasteiger partial charge in [-0.2, -0.15) is 0 Å². The summed E-state index contributed by atoms with van der Waals surface area (Å²) in [4.78, 5) is 36.2. The molecule has 2 unspecified atom stereocenters. The Morgan fingerprint density at radius 2 is 1.55 bits per heavy atom. The quantitative estimate of drug-likeness (QED) is 0.606. The van der Waals surface area contributed by atoms with Gasteiger partial charge in [0, 0.05) is 16.4 Å². The fraction of sp³-hybridized carbons (Fsp3) is 0.250. The van der Waals surface area contributed by atoms with E-state index in [9.17, 15) is 18.8 Å². The Labute approximate surface area is 177 Å². The first kappa shape index (κ1) is 22.7. The first-order chi connectivity index (χ1) is 13.7. The number of amides is 2. The lowest BCUT2D eigenvalue weighted by Gasteiger charge is -2.16. The van der Waals surface area contributed by atoms with Crippen LogP contribution in [0.5, 0.6) is 0 Å². The van der Waals surface area contributed by atoms with Gasteiger partial charge in [-0.15, -0.1) is 11.8 Å². The maximum Gasteiger partial charge on any atom is 0.319 e. The Kier molecular flexibility index (Phi) is 8.48. The first-order valence-electron chi connectivity index (χ1n) is 8.68. The molecule has 0 saturated heterocycles. The van der Waals surface area contributed by atoms with Crippen molar-refractivity contribution in [2.45, 2.75) is 25.2 Å². The molecule has 2 amide bonds. The third kappa shape index (κ3) is 7.75. The van der Waals surface area contributed by atoms with Crippen molar-refractivity contribution in [3.63, 3.8) is 0 Å². The van der Waals surface area contributed by atoms with Gasteiger partial charge in [-0.1, -0.05) is 11.6 Å². The van der Waals surface area contributed by atoms with Gasteiger partial charge in [-0.25, -0.2) is 4.39 Å². The number of carbonyl (C=O) groups is 3. The molecule has 0 aliphatic heterocycles. The molecule has 0 spiro atoms.